The molecule has 3 heterocycles. The van der Waals surface area contributed by atoms with E-state index in [0.717, 1.165) is 23.5 Å². The van der Waals surface area contributed by atoms with E-state index in [1.807, 2.05) is 38.0 Å². The fraction of sp³-hybridized carbons (Fsp3) is 0.471. The van der Waals surface area contributed by atoms with Gasteiger partial charge in [0, 0.05) is 59.7 Å². The van der Waals surface area contributed by atoms with Crippen molar-refractivity contribution in [3.05, 3.63) is 29.2 Å². The van der Waals surface area contributed by atoms with E-state index in [4.69, 9.17) is 0 Å². The second-order valence-electron chi connectivity index (χ2n) is 6.58. The summed E-state index contributed by atoms with van der Waals surface area (Å²) in [4.78, 5) is 36.0. The van der Waals surface area contributed by atoms with Crippen LogP contribution in [0.15, 0.2) is 12.4 Å². The summed E-state index contributed by atoms with van der Waals surface area (Å²) in [5.41, 5.74) is 2.47. The molecule has 2 aromatic heterocycles. The third-order valence-corrected chi connectivity index (χ3v) is 4.26. The molecule has 1 aliphatic heterocycles. The Morgan fingerprint density at radius 2 is 1.81 bits per heavy atom. The standard InChI is InChI=1S/C17H24N8O/c1-18-16-19-8-11(9-20-16)15(26)25-7-6-12-13(10-25)21-17(24(4)5)22-14(12)23(2)3/h8-9H,6-7,10H2,1-5H3,(H,18,19,20). The highest BCUT2D eigenvalue weighted by molar-refractivity contribution is 5.93. The number of carbonyl (C=O) groups excluding carboxylic acids is 1. The molecule has 0 bridgehead atoms. The van der Waals surface area contributed by atoms with Crippen LogP contribution >= 0.6 is 0 Å². The lowest BCUT2D eigenvalue weighted by Gasteiger charge is -2.31. The predicted molar refractivity (Wildman–Crippen MR) is 101 cm³/mol. The van der Waals surface area contributed by atoms with Crippen molar-refractivity contribution in [2.75, 3.05) is 56.9 Å². The first kappa shape index (κ1) is 17.8. The van der Waals surface area contributed by atoms with Crippen molar-refractivity contribution in [3.8, 4) is 0 Å². The maximum Gasteiger partial charge on any atom is 0.257 e. The molecule has 0 aromatic carbocycles. The van der Waals surface area contributed by atoms with Crippen molar-refractivity contribution in [2.24, 2.45) is 0 Å². The number of anilines is 3. The van der Waals surface area contributed by atoms with E-state index in [0.29, 0.717) is 30.5 Å². The number of carbonyl (C=O) groups is 1. The summed E-state index contributed by atoms with van der Waals surface area (Å²) in [5, 5.41) is 2.85. The van der Waals surface area contributed by atoms with Gasteiger partial charge >= 0.3 is 0 Å². The van der Waals surface area contributed by atoms with Crippen molar-refractivity contribution >= 4 is 23.6 Å². The van der Waals surface area contributed by atoms with E-state index >= 15 is 0 Å². The zero-order chi connectivity index (χ0) is 18.8. The molecule has 0 aliphatic carbocycles. The normalized spacial score (nSPS) is 13.2. The summed E-state index contributed by atoms with van der Waals surface area (Å²) in [5.74, 6) is 1.95. The molecule has 0 spiro atoms. The highest BCUT2D eigenvalue weighted by Crippen LogP contribution is 2.27. The molecule has 9 nitrogen and oxygen atoms in total. The van der Waals surface area contributed by atoms with Crippen LogP contribution in [-0.4, -0.2) is 72.5 Å². The van der Waals surface area contributed by atoms with Crippen molar-refractivity contribution in [1.82, 2.24) is 24.8 Å². The first-order valence-electron chi connectivity index (χ1n) is 8.44. The predicted octanol–water partition coefficient (Wildman–Crippen LogP) is 0.639. The Morgan fingerprint density at radius 3 is 2.38 bits per heavy atom. The third-order valence-electron chi connectivity index (χ3n) is 4.26. The maximum absolute atomic E-state index is 12.8. The lowest BCUT2D eigenvalue weighted by molar-refractivity contribution is 0.0731. The first-order chi connectivity index (χ1) is 12.4. The zero-order valence-corrected chi connectivity index (χ0v) is 15.8. The second-order valence-corrected chi connectivity index (χ2v) is 6.58. The first-order valence-corrected chi connectivity index (χ1v) is 8.44. The summed E-state index contributed by atoms with van der Waals surface area (Å²) in [7, 11) is 9.50. The Balaban J connectivity index is 1.89. The van der Waals surface area contributed by atoms with Gasteiger partial charge in [-0.2, -0.15) is 4.98 Å². The van der Waals surface area contributed by atoms with E-state index in [1.165, 1.54) is 0 Å². The number of nitrogens with one attached hydrogen (secondary N) is 1. The van der Waals surface area contributed by atoms with Crippen molar-refractivity contribution < 1.29 is 4.79 Å². The molecule has 138 valence electrons. The van der Waals surface area contributed by atoms with Gasteiger partial charge in [-0.05, 0) is 6.42 Å². The van der Waals surface area contributed by atoms with Crippen molar-refractivity contribution in [2.45, 2.75) is 13.0 Å². The molecule has 0 unspecified atom stereocenters. The topological polar surface area (TPSA) is 90.4 Å². The molecule has 9 heteroatoms. The fourth-order valence-electron chi connectivity index (χ4n) is 2.89. The van der Waals surface area contributed by atoms with Crippen LogP contribution in [0.2, 0.25) is 0 Å². The van der Waals surface area contributed by atoms with E-state index < -0.39 is 0 Å². The van der Waals surface area contributed by atoms with Crippen molar-refractivity contribution in [3.63, 3.8) is 0 Å². The summed E-state index contributed by atoms with van der Waals surface area (Å²) in [6, 6.07) is 0. The van der Waals surface area contributed by atoms with Crippen LogP contribution in [0.1, 0.15) is 21.6 Å². The molecule has 0 radical (unpaired) electrons. The molecule has 3 rings (SSSR count). The minimum absolute atomic E-state index is 0.0882. The number of fused-ring (bicyclic) bond motifs is 1. The minimum Gasteiger partial charge on any atom is -0.362 e. The van der Waals surface area contributed by atoms with Crippen LogP contribution in [0.3, 0.4) is 0 Å². The Labute approximate surface area is 153 Å². The molecule has 2 aromatic rings. The van der Waals surface area contributed by atoms with Gasteiger partial charge in [0.15, 0.2) is 0 Å². The Morgan fingerprint density at radius 1 is 1.12 bits per heavy atom. The van der Waals surface area contributed by atoms with Crippen LogP contribution in [-0.2, 0) is 13.0 Å². The monoisotopic (exact) mass is 356 g/mol. The Bertz CT molecular complexity index is 803. The lowest BCUT2D eigenvalue weighted by Crippen LogP contribution is -2.38. The number of nitrogens with zero attached hydrogens (tertiary/aromatic N) is 7. The number of hydrogen-bond acceptors (Lipinski definition) is 8. The van der Waals surface area contributed by atoms with Gasteiger partial charge in [0.05, 0.1) is 17.8 Å². The van der Waals surface area contributed by atoms with Crippen LogP contribution in [0, 0.1) is 0 Å². The molecule has 0 saturated heterocycles. The highest BCUT2D eigenvalue weighted by Gasteiger charge is 2.27. The van der Waals surface area contributed by atoms with E-state index in [1.54, 1.807) is 24.3 Å². The molecular weight excluding hydrogens is 332 g/mol. The van der Waals surface area contributed by atoms with E-state index in [-0.39, 0.29) is 5.91 Å². The molecule has 0 fully saturated rings. The van der Waals surface area contributed by atoms with Crippen LogP contribution in [0.25, 0.3) is 0 Å². The number of hydrogen-bond donors (Lipinski definition) is 1. The largest absolute Gasteiger partial charge is 0.362 e. The van der Waals surface area contributed by atoms with Gasteiger partial charge in [-0.25, -0.2) is 15.0 Å². The Hall–Kier alpha value is -2.97. The van der Waals surface area contributed by atoms with Gasteiger partial charge in [0.25, 0.3) is 5.91 Å². The number of amides is 1. The molecule has 0 saturated carbocycles. The summed E-state index contributed by atoms with van der Waals surface area (Å²) in [6.45, 7) is 1.07. The third kappa shape index (κ3) is 3.37. The number of aromatic nitrogens is 4. The SMILES string of the molecule is CNc1ncc(C(=O)N2CCc3c(nc(N(C)C)nc3N(C)C)C2)cn1. The molecular formula is C17H24N8O. The van der Waals surface area contributed by atoms with Gasteiger partial charge in [-0.1, -0.05) is 0 Å². The van der Waals surface area contributed by atoms with Gasteiger partial charge in [-0.3, -0.25) is 4.79 Å². The lowest BCUT2D eigenvalue weighted by atomic mass is 10.0. The summed E-state index contributed by atoms with van der Waals surface area (Å²) in [6.07, 6.45) is 3.82. The zero-order valence-electron chi connectivity index (χ0n) is 15.8. The fourth-order valence-corrected chi connectivity index (χ4v) is 2.89. The molecule has 0 atom stereocenters. The van der Waals surface area contributed by atoms with Crippen molar-refractivity contribution in [1.29, 1.82) is 0 Å². The molecule has 1 N–H and O–H groups in total. The van der Waals surface area contributed by atoms with Gasteiger partial charge in [0.1, 0.15) is 5.82 Å². The summed E-state index contributed by atoms with van der Waals surface area (Å²) < 4.78 is 0. The molecule has 26 heavy (non-hydrogen) atoms. The van der Waals surface area contributed by atoms with Crippen LogP contribution in [0.5, 0.6) is 0 Å². The van der Waals surface area contributed by atoms with Crippen LogP contribution < -0.4 is 15.1 Å². The minimum atomic E-state index is -0.0882. The summed E-state index contributed by atoms with van der Waals surface area (Å²) >= 11 is 0. The molecule has 1 aliphatic rings. The Kier molecular flexibility index (Phi) is 4.88. The smallest absolute Gasteiger partial charge is 0.257 e. The van der Waals surface area contributed by atoms with Gasteiger partial charge in [-0.15, -0.1) is 0 Å². The van der Waals surface area contributed by atoms with E-state index in [9.17, 15) is 4.79 Å². The van der Waals surface area contributed by atoms with Gasteiger partial charge in [0.2, 0.25) is 11.9 Å². The van der Waals surface area contributed by atoms with Crippen LogP contribution in [0.4, 0.5) is 17.7 Å². The average Bonchev–Trinajstić information content (AvgIpc) is 2.65. The average molecular weight is 356 g/mol. The van der Waals surface area contributed by atoms with Gasteiger partial charge < -0.3 is 20.0 Å². The number of rotatable bonds is 4. The second kappa shape index (κ2) is 7.11. The highest BCUT2D eigenvalue weighted by atomic mass is 16.2. The quantitative estimate of drug-likeness (QED) is 0.853. The molecule has 1 amide bonds. The maximum atomic E-state index is 12.8. The van der Waals surface area contributed by atoms with E-state index in [2.05, 4.69) is 25.3 Å².